The summed E-state index contributed by atoms with van der Waals surface area (Å²) < 4.78 is 75.3. The van der Waals surface area contributed by atoms with Crippen LogP contribution < -0.4 is 0 Å². The zero-order valence-corrected chi connectivity index (χ0v) is 16.0. The number of hydrogen-bond acceptors (Lipinski definition) is 0. The maximum atomic E-state index is 13.5. The van der Waals surface area contributed by atoms with Gasteiger partial charge in [0.15, 0.2) is 0 Å². The Morgan fingerprint density at radius 1 is 1.19 bits per heavy atom. The van der Waals surface area contributed by atoms with Crippen molar-refractivity contribution in [2.75, 3.05) is 0 Å². The fourth-order valence-corrected chi connectivity index (χ4v) is 6.84. The highest BCUT2D eigenvalue weighted by Gasteiger charge is 2.33. The lowest BCUT2D eigenvalue weighted by atomic mass is 10.0. The third kappa shape index (κ3) is 7.45. The molecule has 0 atom stereocenters. The van der Waals surface area contributed by atoms with Crippen molar-refractivity contribution in [3.63, 3.8) is 0 Å². The van der Waals surface area contributed by atoms with E-state index >= 15 is 0 Å². The number of benzene rings is 1. The van der Waals surface area contributed by atoms with Crippen LogP contribution in [0.5, 0.6) is 0 Å². The molecule has 7 heteroatoms. The molecular weight excluding hydrogens is 382 g/mol. The SMILES string of the molecule is Fc1cc(C#CC=C[C@H]2CC[Si@H](CCCC(F)F)CC2)ccc1C(F)(F)F. The van der Waals surface area contributed by atoms with Crippen LogP contribution in [0.1, 0.15) is 36.8 Å². The predicted molar refractivity (Wildman–Crippen MR) is 97.0 cm³/mol. The highest BCUT2D eigenvalue weighted by Crippen LogP contribution is 2.31. The molecule has 1 saturated heterocycles. The topological polar surface area (TPSA) is 0 Å². The van der Waals surface area contributed by atoms with E-state index in [4.69, 9.17) is 0 Å². The van der Waals surface area contributed by atoms with Crippen molar-refractivity contribution in [1.29, 1.82) is 0 Å². The standard InChI is InChI=1S/C20H22F6Si/c21-18-14-16(7-8-17(18)20(24,25)26)5-2-1-4-15-9-12-27(13-10-15)11-3-6-19(22)23/h1,4,7-8,14-15,19,27H,3,6,9-13H2/t15-,27-. The van der Waals surface area contributed by atoms with Gasteiger partial charge in [0.05, 0.1) is 5.56 Å². The molecule has 0 bridgehead atoms. The number of alkyl halides is 5. The van der Waals surface area contributed by atoms with Gasteiger partial charge in [0.1, 0.15) is 5.82 Å². The van der Waals surface area contributed by atoms with E-state index in [1.807, 2.05) is 6.08 Å². The molecule has 0 nitrogen and oxygen atoms in total. The van der Waals surface area contributed by atoms with Crippen LogP contribution in [0.15, 0.2) is 30.4 Å². The minimum absolute atomic E-state index is 0.00691. The molecule has 148 valence electrons. The van der Waals surface area contributed by atoms with Gasteiger partial charge in [-0.25, -0.2) is 13.2 Å². The number of hydrogen-bond donors (Lipinski definition) is 0. The molecule has 0 saturated carbocycles. The summed E-state index contributed by atoms with van der Waals surface area (Å²) in [5, 5.41) is 0. The summed E-state index contributed by atoms with van der Waals surface area (Å²) in [6.07, 6.45) is -0.544. The Kier molecular flexibility index (Phi) is 8.02. The van der Waals surface area contributed by atoms with E-state index in [0.717, 1.165) is 43.1 Å². The molecule has 0 aromatic heterocycles. The van der Waals surface area contributed by atoms with Crippen LogP contribution in [0.4, 0.5) is 26.3 Å². The molecule has 0 spiro atoms. The molecule has 1 aromatic rings. The first-order chi connectivity index (χ1) is 12.8. The van der Waals surface area contributed by atoms with E-state index in [1.54, 1.807) is 6.08 Å². The van der Waals surface area contributed by atoms with Crippen LogP contribution in [0.25, 0.3) is 0 Å². The van der Waals surface area contributed by atoms with Crippen LogP contribution in [-0.4, -0.2) is 15.2 Å². The number of rotatable bonds is 5. The van der Waals surface area contributed by atoms with Crippen molar-refractivity contribution >= 4 is 8.80 Å². The molecule has 0 unspecified atom stereocenters. The molecule has 0 radical (unpaired) electrons. The van der Waals surface area contributed by atoms with Crippen molar-refractivity contribution in [2.24, 2.45) is 5.92 Å². The predicted octanol–water partition coefficient (Wildman–Crippen LogP) is 6.43. The van der Waals surface area contributed by atoms with Crippen LogP contribution in [0, 0.1) is 23.6 Å². The summed E-state index contributed by atoms with van der Waals surface area (Å²) >= 11 is 0. The quantitative estimate of drug-likeness (QED) is 0.301. The van der Waals surface area contributed by atoms with Crippen LogP contribution in [-0.2, 0) is 6.18 Å². The van der Waals surface area contributed by atoms with Gasteiger partial charge in [0.25, 0.3) is 0 Å². The minimum Gasteiger partial charge on any atom is -0.211 e. The maximum absolute atomic E-state index is 13.5. The second-order valence-corrected chi connectivity index (χ2v) is 10.4. The van der Waals surface area contributed by atoms with E-state index in [1.165, 1.54) is 0 Å². The van der Waals surface area contributed by atoms with Gasteiger partial charge in [-0.05, 0) is 43.0 Å². The molecule has 0 N–H and O–H groups in total. The van der Waals surface area contributed by atoms with Crippen LogP contribution >= 0.6 is 0 Å². The van der Waals surface area contributed by atoms with E-state index in [9.17, 15) is 26.3 Å². The largest absolute Gasteiger partial charge is 0.419 e. The monoisotopic (exact) mass is 404 g/mol. The highest BCUT2D eigenvalue weighted by atomic mass is 28.3. The summed E-state index contributed by atoms with van der Waals surface area (Å²) in [6, 6.07) is 5.93. The van der Waals surface area contributed by atoms with Crippen molar-refractivity contribution in [2.45, 2.75) is 56.4 Å². The van der Waals surface area contributed by atoms with Crippen molar-refractivity contribution in [3.05, 3.63) is 47.3 Å². The second kappa shape index (κ2) is 10.0. The van der Waals surface area contributed by atoms with Gasteiger partial charge < -0.3 is 0 Å². The second-order valence-electron chi connectivity index (χ2n) is 6.92. The average Bonchev–Trinajstić information content (AvgIpc) is 2.58. The Labute approximate surface area is 157 Å². The summed E-state index contributed by atoms with van der Waals surface area (Å²) in [7, 11) is -0.875. The molecule has 0 amide bonds. The zero-order chi connectivity index (χ0) is 19.9. The summed E-state index contributed by atoms with van der Waals surface area (Å²) in [5.41, 5.74) is -1.10. The van der Waals surface area contributed by atoms with Crippen LogP contribution in [0.3, 0.4) is 0 Å². The summed E-state index contributed by atoms with van der Waals surface area (Å²) in [6.45, 7) is 0. The molecule has 1 aromatic carbocycles. The third-order valence-corrected chi connectivity index (χ3v) is 8.39. The Hall–Kier alpha value is -1.68. The van der Waals surface area contributed by atoms with Gasteiger partial charge in [-0.2, -0.15) is 13.2 Å². The molecule has 1 fully saturated rings. The summed E-state index contributed by atoms with van der Waals surface area (Å²) in [4.78, 5) is 0. The first-order valence-corrected chi connectivity index (χ1v) is 11.5. The average molecular weight is 404 g/mol. The van der Waals surface area contributed by atoms with Gasteiger partial charge in [-0.15, -0.1) is 0 Å². The third-order valence-electron chi connectivity index (χ3n) is 4.87. The smallest absolute Gasteiger partial charge is 0.211 e. The lowest BCUT2D eigenvalue weighted by Gasteiger charge is -2.25. The minimum atomic E-state index is -4.71. The zero-order valence-electron chi connectivity index (χ0n) is 14.8. The van der Waals surface area contributed by atoms with Crippen molar-refractivity contribution < 1.29 is 26.3 Å². The Morgan fingerprint density at radius 3 is 2.48 bits per heavy atom. The Balaban J connectivity index is 1.80. The first kappa shape index (κ1) is 21.6. The van der Waals surface area contributed by atoms with Gasteiger partial charge >= 0.3 is 6.18 Å². The van der Waals surface area contributed by atoms with Crippen molar-refractivity contribution in [3.8, 4) is 11.8 Å². The number of allylic oxidation sites excluding steroid dienone is 2. The Morgan fingerprint density at radius 2 is 1.89 bits per heavy atom. The normalized spacial score (nSPS) is 20.7. The van der Waals surface area contributed by atoms with Crippen molar-refractivity contribution in [1.82, 2.24) is 0 Å². The maximum Gasteiger partial charge on any atom is 0.419 e. The number of halogens is 6. The van der Waals surface area contributed by atoms with E-state index in [0.29, 0.717) is 18.4 Å². The molecular formula is C20H22F6Si. The summed E-state index contributed by atoms with van der Waals surface area (Å²) in [5.74, 6) is 4.47. The lowest BCUT2D eigenvalue weighted by molar-refractivity contribution is -0.140. The molecule has 2 rings (SSSR count). The fraction of sp³-hybridized carbons (Fsp3) is 0.500. The molecule has 1 aliphatic heterocycles. The molecule has 27 heavy (non-hydrogen) atoms. The lowest BCUT2D eigenvalue weighted by Crippen LogP contribution is -2.20. The van der Waals surface area contributed by atoms with E-state index in [2.05, 4.69) is 11.8 Å². The Bertz CT molecular complexity index is 691. The molecule has 1 aliphatic rings. The van der Waals surface area contributed by atoms with Gasteiger partial charge in [-0.1, -0.05) is 42.5 Å². The van der Waals surface area contributed by atoms with Gasteiger partial charge in [-0.3, -0.25) is 0 Å². The van der Waals surface area contributed by atoms with Gasteiger partial charge in [0, 0.05) is 20.8 Å². The highest BCUT2D eigenvalue weighted by molar-refractivity contribution is 6.58. The molecule has 1 heterocycles. The first-order valence-electron chi connectivity index (χ1n) is 9.09. The molecule has 0 aliphatic carbocycles. The van der Waals surface area contributed by atoms with E-state index < -0.39 is 32.8 Å². The van der Waals surface area contributed by atoms with Gasteiger partial charge in [0.2, 0.25) is 6.43 Å². The van der Waals surface area contributed by atoms with E-state index in [-0.39, 0.29) is 12.0 Å². The fourth-order valence-electron chi connectivity index (χ4n) is 3.36. The van der Waals surface area contributed by atoms with Crippen LogP contribution in [0.2, 0.25) is 18.1 Å².